The van der Waals surface area contributed by atoms with E-state index in [1.807, 2.05) is 0 Å². The average Bonchev–Trinajstić information content (AvgIpc) is 2.48. The molecular weight excluding hydrogens is 295 g/mol. The molecule has 6 heteroatoms. The van der Waals surface area contributed by atoms with Gasteiger partial charge in [-0.05, 0) is 31.9 Å². The van der Waals surface area contributed by atoms with Gasteiger partial charge >= 0.3 is 6.18 Å². The molecule has 1 amide bonds. The Balaban J connectivity index is 2.08. The van der Waals surface area contributed by atoms with E-state index >= 15 is 0 Å². The van der Waals surface area contributed by atoms with Crippen LogP contribution in [0.1, 0.15) is 39.0 Å². The Bertz CT molecular complexity index is 581. The van der Waals surface area contributed by atoms with Crippen LogP contribution in [0.15, 0.2) is 24.3 Å². The van der Waals surface area contributed by atoms with E-state index in [1.165, 1.54) is 11.0 Å². The molecule has 0 spiro atoms. The molecule has 22 heavy (non-hydrogen) atoms. The summed E-state index contributed by atoms with van der Waals surface area (Å²) in [5.74, 6) is -0.891. The number of amides is 1. The first-order valence-electron chi connectivity index (χ1n) is 7.53. The first-order chi connectivity index (χ1) is 10.3. The third-order valence-corrected chi connectivity index (χ3v) is 4.55. The Morgan fingerprint density at radius 2 is 1.82 bits per heavy atom. The number of fused-ring (bicyclic) bond motifs is 1. The highest BCUT2D eigenvalue weighted by molar-refractivity contribution is 6.03. The van der Waals surface area contributed by atoms with Gasteiger partial charge in [-0.25, -0.2) is 0 Å². The van der Waals surface area contributed by atoms with E-state index in [2.05, 4.69) is 0 Å². The summed E-state index contributed by atoms with van der Waals surface area (Å²) in [7, 11) is 0. The molecule has 1 unspecified atom stereocenters. The van der Waals surface area contributed by atoms with E-state index in [0.717, 1.165) is 39.0 Å². The van der Waals surface area contributed by atoms with Gasteiger partial charge in [-0.2, -0.15) is 13.2 Å². The predicted octanol–water partition coefficient (Wildman–Crippen LogP) is 4.07. The highest BCUT2D eigenvalue weighted by Crippen LogP contribution is 2.46. The van der Waals surface area contributed by atoms with Gasteiger partial charge in [0, 0.05) is 6.04 Å². The summed E-state index contributed by atoms with van der Waals surface area (Å²) >= 11 is 0. The number of hydrogen-bond acceptors (Lipinski definition) is 2. The summed E-state index contributed by atoms with van der Waals surface area (Å²) < 4.78 is 45.4. The summed E-state index contributed by atoms with van der Waals surface area (Å²) in [5, 5.41) is 0. The third-order valence-electron chi connectivity index (χ3n) is 4.55. The molecule has 1 aromatic rings. The van der Waals surface area contributed by atoms with E-state index < -0.39 is 17.7 Å². The van der Waals surface area contributed by atoms with Crippen LogP contribution in [-0.4, -0.2) is 23.7 Å². The van der Waals surface area contributed by atoms with Gasteiger partial charge in [0.25, 0.3) is 11.5 Å². The van der Waals surface area contributed by atoms with Crippen LogP contribution in [-0.2, 0) is 4.79 Å². The van der Waals surface area contributed by atoms with Crippen molar-refractivity contribution in [1.82, 2.24) is 0 Å². The highest BCUT2D eigenvalue weighted by Gasteiger charge is 2.63. The molecule has 3 rings (SSSR count). The van der Waals surface area contributed by atoms with Crippen molar-refractivity contribution in [3.8, 4) is 5.75 Å². The number of hydrogen-bond donors (Lipinski definition) is 0. The molecule has 1 atom stereocenters. The number of halogens is 3. The first kappa shape index (κ1) is 15.2. The minimum Gasteiger partial charge on any atom is -0.466 e. The standard InChI is InChI=1S/C16H18F3NO2/c1-15(16(17,18)19)14(21)20(11-7-3-2-4-8-11)12-9-5-6-10-13(12)22-15/h5-6,9-11H,2-4,7-8H2,1H3. The van der Waals surface area contributed by atoms with Gasteiger partial charge in [0.15, 0.2) is 0 Å². The molecule has 1 fully saturated rings. The van der Waals surface area contributed by atoms with Crippen molar-refractivity contribution in [2.24, 2.45) is 0 Å². The minimum atomic E-state index is -4.76. The van der Waals surface area contributed by atoms with Crippen LogP contribution in [0.5, 0.6) is 5.75 Å². The largest absolute Gasteiger partial charge is 0.466 e. The topological polar surface area (TPSA) is 29.5 Å². The number of alkyl halides is 3. The second kappa shape index (κ2) is 5.18. The maximum absolute atomic E-state index is 13.4. The van der Waals surface area contributed by atoms with E-state index in [1.54, 1.807) is 18.2 Å². The molecule has 0 saturated heterocycles. The molecule has 1 aliphatic heterocycles. The number of anilines is 1. The van der Waals surface area contributed by atoms with Crippen LogP contribution < -0.4 is 9.64 Å². The fourth-order valence-corrected chi connectivity index (χ4v) is 3.23. The third kappa shape index (κ3) is 2.25. The summed E-state index contributed by atoms with van der Waals surface area (Å²) in [6.45, 7) is 0.821. The maximum atomic E-state index is 13.4. The lowest BCUT2D eigenvalue weighted by molar-refractivity contribution is -0.236. The van der Waals surface area contributed by atoms with Gasteiger partial charge in [-0.3, -0.25) is 4.79 Å². The zero-order chi connectivity index (χ0) is 16.0. The lowest BCUT2D eigenvalue weighted by atomic mass is 9.90. The van der Waals surface area contributed by atoms with Crippen LogP contribution in [0.25, 0.3) is 0 Å². The van der Waals surface area contributed by atoms with Crippen molar-refractivity contribution in [1.29, 1.82) is 0 Å². The van der Waals surface area contributed by atoms with Crippen molar-refractivity contribution in [2.45, 2.75) is 56.8 Å². The molecule has 1 aromatic carbocycles. The van der Waals surface area contributed by atoms with Crippen molar-refractivity contribution in [2.75, 3.05) is 4.90 Å². The molecule has 0 aromatic heterocycles. The Morgan fingerprint density at radius 1 is 1.18 bits per heavy atom. The number of para-hydroxylation sites is 2. The van der Waals surface area contributed by atoms with Crippen LogP contribution in [0.4, 0.5) is 18.9 Å². The van der Waals surface area contributed by atoms with Gasteiger partial charge in [-0.1, -0.05) is 31.4 Å². The number of carbonyl (C=O) groups is 1. The average molecular weight is 313 g/mol. The lowest BCUT2D eigenvalue weighted by Crippen LogP contribution is -2.64. The maximum Gasteiger partial charge on any atom is 0.437 e. The van der Waals surface area contributed by atoms with Crippen molar-refractivity contribution < 1.29 is 22.7 Å². The predicted molar refractivity (Wildman–Crippen MR) is 75.9 cm³/mol. The normalized spacial score (nSPS) is 26.5. The van der Waals surface area contributed by atoms with Gasteiger partial charge in [0.2, 0.25) is 0 Å². The van der Waals surface area contributed by atoms with E-state index in [-0.39, 0.29) is 11.8 Å². The van der Waals surface area contributed by atoms with Crippen LogP contribution in [0.2, 0.25) is 0 Å². The second-order valence-corrected chi connectivity index (χ2v) is 6.07. The molecule has 3 nitrogen and oxygen atoms in total. The summed E-state index contributed by atoms with van der Waals surface area (Å²) in [6, 6.07) is 6.28. The summed E-state index contributed by atoms with van der Waals surface area (Å²) in [6.07, 6.45) is -0.375. The van der Waals surface area contributed by atoms with Crippen LogP contribution in [0, 0.1) is 0 Å². The molecule has 1 heterocycles. The number of carbonyl (C=O) groups excluding carboxylic acids is 1. The molecule has 120 valence electrons. The van der Waals surface area contributed by atoms with Gasteiger partial charge < -0.3 is 9.64 Å². The zero-order valence-corrected chi connectivity index (χ0v) is 12.3. The summed E-state index contributed by atoms with van der Waals surface area (Å²) in [4.78, 5) is 14.0. The van der Waals surface area contributed by atoms with Gasteiger partial charge in [-0.15, -0.1) is 0 Å². The van der Waals surface area contributed by atoms with Crippen LogP contribution in [0.3, 0.4) is 0 Å². The minimum absolute atomic E-state index is 0.118. The quantitative estimate of drug-likeness (QED) is 0.782. The Morgan fingerprint density at radius 3 is 2.45 bits per heavy atom. The Labute approximate surface area is 127 Å². The smallest absolute Gasteiger partial charge is 0.437 e. The molecular formula is C16H18F3NO2. The Kier molecular flexibility index (Phi) is 3.57. The van der Waals surface area contributed by atoms with Crippen molar-refractivity contribution in [3.63, 3.8) is 0 Å². The fourth-order valence-electron chi connectivity index (χ4n) is 3.23. The SMILES string of the molecule is CC1(C(F)(F)F)Oc2ccccc2N(C2CCCCC2)C1=O. The highest BCUT2D eigenvalue weighted by atomic mass is 19.4. The first-order valence-corrected chi connectivity index (χ1v) is 7.53. The second-order valence-electron chi connectivity index (χ2n) is 6.07. The van der Waals surface area contributed by atoms with E-state index in [9.17, 15) is 18.0 Å². The molecule has 1 saturated carbocycles. The van der Waals surface area contributed by atoms with Crippen molar-refractivity contribution >= 4 is 11.6 Å². The van der Waals surface area contributed by atoms with E-state index in [0.29, 0.717) is 5.69 Å². The lowest BCUT2D eigenvalue weighted by Gasteiger charge is -2.45. The summed E-state index contributed by atoms with van der Waals surface area (Å²) in [5.41, 5.74) is -2.38. The molecule has 1 aliphatic carbocycles. The number of nitrogens with zero attached hydrogens (tertiary/aromatic N) is 1. The molecule has 0 bridgehead atoms. The number of rotatable bonds is 1. The van der Waals surface area contributed by atoms with Crippen molar-refractivity contribution in [3.05, 3.63) is 24.3 Å². The van der Waals surface area contributed by atoms with Gasteiger partial charge in [0.05, 0.1) is 5.69 Å². The van der Waals surface area contributed by atoms with Gasteiger partial charge in [0.1, 0.15) is 5.75 Å². The zero-order valence-electron chi connectivity index (χ0n) is 12.3. The molecule has 2 aliphatic rings. The van der Waals surface area contributed by atoms with Crippen LogP contribution >= 0.6 is 0 Å². The number of benzene rings is 1. The Hall–Kier alpha value is -1.72. The molecule has 0 radical (unpaired) electrons. The molecule has 0 N–H and O–H groups in total. The number of ether oxygens (including phenoxy) is 1. The fraction of sp³-hybridized carbons (Fsp3) is 0.562. The monoisotopic (exact) mass is 313 g/mol. The van der Waals surface area contributed by atoms with E-state index in [4.69, 9.17) is 4.74 Å².